The molecule has 0 radical (unpaired) electrons. The number of likely N-dealkylation sites (tertiary alicyclic amines) is 1. The second kappa shape index (κ2) is 7.51. The summed E-state index contributed by atoms with van der Waals surface area (Å²) in [5.74, 6) is 1.15. The highest BCUT2D eigenvalue weighted by atomic mass is 16.5. The van der Waals surface area contributed by atoms with Crippen molar-refractivity contribution < 1.29 is 24.0 Å². The average Bonchev–Trinajstić information content (AvgIpc) is 3.30. The van der Waals surface area contributed by atoms with E-state index in [2.05, 4.69) is 15.5 Å². The quantitative estimate of drug-likeness (QED) is 0.560. The van der Waals surface area contributed by atoms with Gasteiger partial charge in [-0.2, -0.15) is 0 Å². The lowest BCUT2D eigenvalue weighted by atomic mass is 9.69. The lowest BCUT2D eigenvalue weighted by Gasteiger charge is -2.55. The van der Waals surface area contributed by atoms with Crippen molar-refractivity contribution in [2.75, 3.05) is 38.7 Å². The molecule has 5 rings (SSSR count). The number of urea groups is 1. The van der Waals surface area contributed by atoms with Gasteiger partial charge in [-0.05, 0) is 31.5 Å². The van der Waals surface area contributed by atoms with E-state index >= 15 is 0 Å². The summed E-state index contributed by atoms with van der Waals surface area (Å²) in [5.41, 5.74) is 3.51. The predicted molar refractivity (Wildman–Crippen MR) is 120 cm³/mol. The van der Waals surface area contributed by atoms with Crippen LogP contribution in [0.5, 0.6) is 5.75 Å². The topological polar surface area (TPSA) is 124 Å². The molecule has 4 heterocycles. The Morgan fingerprint density at radius 3 is 2.70 bits per heavy atom. The van der Waals surface area contributed by atoms with E-state index < -0.39 is 11.5 Å². The Kier molecular flexibility index (Phi) is 4.86. The third-order valence-electron chi connectivity index (χ3n) is 6.86. The van der Waals surface area contributed by atoms with Gasteiger partial charge in [0.25, 0.3) is 0 Å². The van der Waals surface area contributed by atoms with Crippen LogP contribution in [0.25, 0.3) is 10.9 Å². The van der Waals surface area contributed by atoms with Gasteiger partial charge in [0.15, 0.2) is 5.76 Å². The molecule has 174 valence electrons. The molecule has 0 unspecified atom stereocenters. The van der Waals surface area contributed by atoms with Crippen molar-refractivity contribution in [1.82, 2.24) is 19.9 Å². The number of amides is 3. The zero-order valence-electron chi connectivity index (χ0n) is 19.1. The number of benzene rings is 1. The molecule has 2 aromatic heterocycles. The van der Waals surface area contributed by atoms with Gasteiger partial charge in [-0.15, -0.1) is 0 Å². The summed E-state index contributed by atoms with van der Waals surface area (Å²) >= 11 is 0. The van der Waals surface area contributed by atoms with Gasteiger partial charge in [-0.3, -0.25) is 4.79 Å². The summed E-state index contributed by atoms with van der Waals surface area (Å²) in [6.07, 6.45) is 0. The van der Waals surface area contributed by atoms with E-state index in [-0.39, 0.29) is 18.5 Å². The van der Waals surface area contributed by atoms with Crippen LogP contribution in [0.1, 0.15) is 35.7 Å². The molecule has 10 nitrogen and oxygen atoms in total. The van der Waals surface area contributed by atoms with Gasteiger partial charge in [0.2, 0.25) is 5.91 Å². The number of aliphatic hydroxyl groups excluding tert-OH is 1. The Hall–Kier alpha value is -3.53. The largest absolute Gasteiger partial charge is 0.497 e. The van der Waals surface area contributed by atoms with E-state index in [1.807, 2.05) is 18.2 Å². The first-order chi connectivity index (χ1) is 15.8. The van der Waals surface area contributed by atoms with Gasteiger partial charge in [-0.1, -0.05) is 5.16 Å². The van der Waals surface area contributed by atoms with Crippen molar-refractivity contribution in [2.24, 2.45) is 0 Å². The molecule has 3 aromatic rings. The Labute approximate surface area is 190 Å². The van der Waals surface area contributed by atoms with Crippen LogP contribution in [-0.2, 0) is 10.2 Å². The molecule has 1 fully saturated rings. The fourth-order valence-electron chi connectivity index (χ4n) is 5.27. The predicted octanol–water partition coefficient (Wildman–Crippen LogP) is 2.46. The number of rotatable bonds is 3. The molecular weight excluding hydrogens is 426 g/mol. The van der Waals surface area contributed by atoms with Crippen LogP contribution in [-0.4, -0.2) is 70.3 Å². The second-order valence-corrected chi connectivity index (χ2v) is 8.94. The van der Waals surface area contributed by atoms with E-state index in [9.17, 15) is 14.7 Å². The summed E-state index contributed by atoms with van der Waals surface area (Å²) in [6, 6.07) is 5.10. The summed E-state index contributed by atoms with van der Waals surface area (Å²) in [4.78, 5) is 32.3. The number of carbonyl (C=O) groups is 2. The zero-order chi connectivity index (χ0) is 23.5. The first-order valence-corrected chi connectivity index (χ1v) is 10.8. The minimum Gasteiger partial charge on any atom is -0.497 e. The molecule has 1 saturated heterocycles. The van der Waals surface area contributed by atoms with Crippen LogP contribution < -0.4 is 10.1 Å². The number of aromatic amines is 1. The van der Waals surface area contributed by atoms with Gasteiger partial charge in [0.05, 0.1) is 25.2 Å². The molecule has 1 spiro atoms. The van der Waals surface area contributed by atoms with Crippen LogP contribution in [0.2, 0.25) is 0 Å². The minimum atomic E-state index is -0.466. The Bertz CT molecular complexity index is 1240. The number of anilines is 1. The number of aryl methyl sites for hydroxylation is 2. The van der Waals surface area contributed by atoms with Crippen LogP contribution in [0.15, 0.2) is 22.7 Å². The SMILES string of the molecule is COc1ccc2c3c([nH]c2c1)[C@@H](CO)N(C(C)=O)CC31CN(C(=O)Nc2c(C)noc2C)C1. The summed E-state index contributed by atoms with van der Waals surface area (Å²) in [5, 5.41) is 17.9. The molecule has 10 heteroatoms. The molecule has 0 saturated carbocycles. The minimum absolute atomic E-state index is 0.117. The van der Waals surface area contributed by atoms with Crippen LogP contribution in [0, 0.1) is 13.8 Å². The molecule has 3 amide bonds. The van der Waals surface area contributed by atoms with E-state index in [1.54, 1.807) is 30.8 Å². The average molecular weight is 453 g/mol. The van der Waals surface area contributed by atoms with Crippen molar-refractivity contribution in [3.8, 4) is 5.75 Å². The fourth-order valence-corrected chi connectivity index (χ4v) is 5.27. The van der Waals surface area contributed by atoms with Crippen LogP contribution in [0.3, 0.4) is 0 Å². The van der Waals surface area contributed by atoms with Crippen molar-refractivity contribution in [2.45, 2.75) is 32.2 Å². The molecule has 33 heavy (non-hydrogen) atoms. The van der Waals surface area contributed by atoms with Crippen molar-refractivity contribution in [1.29, 1.82) is 0 Å². The van der Waals surface area contributed by atoms with Gasteiger partial charge in [0, 0.05) is 49.2 Å². The molecule has 2 aliphatic heterocycles. The number of H-pyrrole nitrogens is 1. The highest BCUT2D eigenvalue weighted by Crippen LogP contribution is 2.48. The first kappa shape index (κ1) is 21.3. The number of methoxy groups -OCH3 is 1. The number of aromatic nitrogens is 2. The van der Waals surface area contributed by atoms with Gasteiger partial charge in [0.1, 0.15) is 17.1 Å². The first-order valence-electron chi connectivity index (χ1n) is 10.8. The maximum atomic E-state index is 13.0. The molecule has 1 aromatic carbocycles. The number of nitrogens with zero attached hydrogens (tertiary/aromatic N) is 3. The van der Waals surface area contributed by atoms with Crippen LogP contribution in [0.4, 0.5) is 10.5 Å². The van der Waals surface area contributed by atoms with Gasteiger partial charge in [-0.25, -0.2) is 4.79 Å². The molecule has 3 N–H and O–H groups in total. The lowest BCUT2D eigenvalue weighted by molar-refractivity contribution is -0.135. The number of hydrogen-bond donors (Lipinski definition) is 3. The monoisotopic (exact) mass is 453 g/mol. The van der Waals surface area contributed by atoms with Crippen LogP contribution >= 0.6 is 0 Å². The fraction of sp³-hybridized carbons (Fsp3) is 0.435. The summed E-state index contributed by atoms with van der Waals surface area (Å²) in [7, 11) is 1.61. The molecule has 2 aliphatic rings. The molecule has 1 atom stereocenters. The Morgan fingerprint density at radius 2 is 2.09 bits per heavy atom. The number of aliphatic hydroxyl groups is 1. The number of carbonyl (C=O) groups excluding carboxylic acids is 2. The third kappa shape index (κ3) is 3.16. The smallest absolute Gasteiger partial charge is 0.322 e. The van der Waals surface area contributed by atoms with Crippen molar-refractivity contribution in [3.63, 3.8) is 0 Å². The lowest BCUT2D eigenvalue weighted by Crippen LogP contribution is -2.68. The number of fused-ring (bicyclic) bond motifs is 4. The second-order valence-electron chi connectivity index (χ2n) is 8.94. The van der Waals surface area contributed by atoms with E-state index in [1.165, 1.54) is 6.92 Å². The Morgan fingerprint density at radius 1 is 1.33 bits per heavy atom. The standard InChI is InChI=1S/C23H27N5O5/c1-12-20(13(2)33-26-12)25-22(31)27-9-23(10-27)11-28(14(3)30)18(8-29)21-19(23)16-6-5-15(32-4)7-17(16)24-21/h5-7,18,24,29H,8-11H2,1-4H3,(H,25,31)/t18-/m1/s1. The number of hydrogen-bond acceptors (Lipinski definition) is 6. The van der Waals surface area contributed by atoms with E-state index in [0.717, 1.165) is 22.2 Å². The molecular formula is C23H27N5O5. The highest BCUT2D eigenvalue weighted by molar-refractivity contribution is 5.93. The molecule has 0 bridgehead atoms. The normalized spacial score (nSPS) is 18.9. The number of ether oxygens (including phenoxy) is 1. The maximum absolute atomic E-state index is 13.0. The van der Waals surface area contributed by atoms with Crippen molar-refractivity contribution in [3.05, 3.63) is 40.9 Å². The Balaban J connectivity index is 1.52. The van der Waals surface area contributed by atoms with Crippen molar-refractivity contribution >= 4 is 28.5 Å². The highest BCUT2D eigenvalue weighted by Gasteiger charge is 2.54. The van der Waals surface area contributed by atoms with E-state index in [0.29, 0.717) is 42.5 Å². The maximum Gasteiger partial charge on any atom is 0.322 e. The van der Waals surface area contributed by atoms with E-state index in [4.69, 9.17) is 9.26 Å². The van der Waals surface area contributed by atoms with Gasteiger partial charge >= 0.3 is 6.03 Å². The third-order valence-corrected chi connectivity index (χ3v) is 6.86. The zero-order valence-corrected chi connectivity index (χ0v) is 19.1. The van der Waals surface area contributed by atoms with Gasteiger partial charge < -0.3 is 34.5 Å². The molecule has 0 aliphatic carbocycles. The summed E-state index contributed by atoms with van der Waals surface area (Å²) < 4.78 is 10.5. The summed E-state index contributed by atoms with van der Waals surface area (Å²) in [6.45, 7) is 6.15. The number of nitrogens with one attached hydrogen (secondary N) is 2.